The number of rotatable bonds is 8. The minimum absolute atomic E-state index is 0.228. The largest absolute Gasteiger partial charge is 0.489 e. The Kier molecular flexibility index (Phi) is 7.72. The van der Waals surface area contributed by atoms with E-state index in [1.54, 1.807) is 22.9 Å². The first-order valence-corrected chi connectivity index (χ1v) is 12.1. The van der Waals surface area contributed by atoms with Crippen LogP contribution in [0.5, 0.6) is 5.75 Å². The summed E-state index contributed by atoms with van der Waals surface area (Å²) in [5, 5.41) is 7.61. The number of anilines is 1. The van der Waals surface area contributed by atoms with Crippen LogP contribution in [0.4, 0.5) is 5.69 Å². The van der Waals surface area contributed by atoms with Crippen LogP contribution in [0.1, 0.15) is 54.4 Å². The van der Waals surface area contributed by atoms with Crippen molar-refractivity contribution in [3.8, 4) is 5.75 Å². The van der Waals surface area contributed by atoms with Crippen molar-refractivity contribution >= 4 is 17.6 Å². The molecule has 7 nitrogen and oxygen atoms in total. The van der Waals surface area contributed by atoms with Crippen molar-refractivity contribution in [2.45, 2.75) is 40.8 Å². The number of nitrogens with zero attached hydrogens (tertiary/aromatic N) is 2. The Morgan fingerprint density at radius 3 is 2.49 bits per heavy atom. The van der Waals surface area contributed by atoms with Gasteiger partial charge in [0.15, 0.2) is 0 Å². The lowest BCUT2D eigenvalue weighted by molar-refractivity contribution is 0.0599. The number of ether oxygens (including phenoxy) is 2. The zero-order chi connectivity index (χ0) is 26.5. The molecule has 1 heterocycles. The molecule has 4 rings (SSSR count). The van der Waals surface area contributed by atoms with E-state index in [9.17, 15) is 9.59 Å². The number of carbonyl (C=O) groups is 2. The van der Waals surface area contributed by atoms with Crippen LogP contribution in [0, 0.1) is 27.7 Å². The summed E-state index contributed by atoms with van der Waals surface area (Å²) in [6, 6.07) is 20.7. The molecule has 190 valence electrons. The van der Waals surface area contributed by atoms with Crippen LogP contribution in [0.2, 0.25) is 0 Å². The summed E-state index contributed by atoms with van der Waals surface area (Å²) in [4.78, 5) is 25.3. The number of methoxy groups -OCH3 is 1. The van der Waals surface area contributed by atoms with E-state index in [1.807, 2.05) is 70.2 Å². The Balaban J connectivity index is 1.48. The van der Waals surface area contributed by atoms with E-state index in [-0.39, 0.29) is 5.91 Å². The van der Waals surface area contributed by atoms with Gasteiger partial charge in [-0.3, -0.25) is 9.48 Å². The summed E-state index contributed by atoms with van der Waals surface area (Å²) in [5.41, 5.74) is 7.10. The van der Waals surface area contributed by atoms with Gasteiger partial charge >= 0.3 is 5.97 Å². The lowest BCUT2D eigenvalue weighted by atomic mass is 10.1. The first-order chi connectivity index (χ1) is 17.8. The molecule has 3 aromatic carbocycles. The number of carbonyl (C=O) groups excluding carboxylic acids is 2. The molecule has 0 bridgehead atoms. The topological polar surface area (TPSA) is 82.5 Å². The van der Waals surface area contributed by atoms with Gasteiger partial charge in [0.2, 0.25) is 0 Å². The Bertz CT molecular complexity index is 1460. The third-order valence-electron chi connectivity index (χ3n) is 6.28. The number of hydrogen-bond acceptors (Lipinski definition) is 5. The highest BCUT2D eigenvalue weighted by atomic mass is 16.5. The van der Waals surface area contributed by atoms with E-state index in [0.29, 0.717) is 35.7 Å². The molecule has 4 aromatic rings. The maximum Gasteiger partial charge on any atom is 0.338 e. The van der Waals surface area contributed by atoms with Crippen LogP contribution < -0.4 is 10.1 Å². The van der Waals surface area contributed by atoms with E-state index in [4.69, 9.17) is 9.47 Å². The van der Waals surface area contributed by atoms with Crippen molar-refractivity contribution in [1.29, 1.82) is 0 Å². The van der Waals surface area contributed by atoms with Gasteiger partial charge in [0.25, 0.3) is 5.91 Å². The van der Waals surface area contributed by atoms with Crippen LogP contribution in [0.3, 0.4) is 0 Å². The number of aryl methyl sites for hydroxylation is 3. The normalized spacial score (nSPS) is 10.7. The molecular formula is C30H31N3O4. The molecule has 0 fully saturated rings. The second-order valence-corrected chi connectivity index (χ2v) is 9.06. The van der Waals surface area contributed by atoms with E-state index in [0.717, 1.165) is 28.1 Å². The fraction of sp³-hybridized carbons (Fsp3) is 0.233. The zero-order valence-electron chi connectivity index (χ0n) is 21.8. The molecule has 37 heavy (non-hydrogen) atoms. The summed E-state index contributed by atoms with van der Waals surface area (Å²) in [6.45, 7) is 8.54. The van der Waals surface area contributed by atoms with Crippen LogP contribution in [0.15, 0.2) is 66.7 Å². The second kappa shape index (κ2) is 11.1. The Morgan fingerprint density at radius 1 is 0.946 bits per heavy atom. The van der Waals surface area contributed by atoms with Crippen molar-refractivity contribution in [3.05, 3.63) is 111 Å². The van der Waals surface area contributed by atoms with Crippen LogP contribution in [-0.2, 0) is 17.9 Å². The first-order valence-electron chi connectivity index (χ1n) is 12.1. The minimum Gasteiger partial charge on any atom is -0.489 e. The highest BCUT2D eigenvalue weighted by molar-refractivity contribution is 6.05. The van der Waals surface area contributed by atoms with E-state index in [2.05, 4.69) is 16.5 Å². The van der Waals surface area contributed by atoms with Gasteiger partial charge in [-0.25, -0.2) is 4.79 Å². The minimum atomic E-state index is -0.396. The van der Waals surface area contributed by atoms with Gasteiger partial charge < -0.3 is 14.8 Å². The quantitative estimate of drug-likeness (QED) is 0.312. The molecule has 1 amide bonds. The summed E-state index contributed by atoms with van der Waals surface area (Å²) < 4.78 is 12.7. The second-order valence-electron chi connectivity index (χ2n) is 9.06. The molecule has 0 aliphatic carbocycles. The highest BCUT2D eigenvalue weighted by Gasteiger charge is 2.18. The lowest BCUT2D eigenvalue weighted by Crippen LogP contribution is -2.14. The Morgan fingerprint density at radius 2 is 1.73 bits per heavy atom. The van der Waals surface area contributed by atoms with Crippen LogP contribution in [0.25, 0.3) is 0 Å². The van der Waals surface area contributed by atoms with Gasteiger partial charge in [-0.2, -0.15) is 5.10 Å². The van der Waals surface area contributed by atoms with Crippen LogP contribution >= 0.6 is 0 Å². The number of aromatic nitrogens is 2. The number of benzene rings is 3. The Labute approximate surface area is 217 Å². The molecular weight excluding hydrogens is 466 g/mol. The predicted octanol–water partition coefficient (Wildman–Crippen LogP) is 5.78. The van der Waals surface area contributed by atoms with E-state index < -0.39 is 5.97 Å². The van der Waals surface area contributed by atoms with Gasteiger partial charge in [-0.05, 0) is 68.7 Å². The maximum absolute atomic E-state index is 13.1. The van der Waals surface area contributed by atoms with Gasteiger partial charge in [-0.1, -0.05) is 48.0 Å². The third-order valence-corrected chi connectivity index (χ3v) is 6.28. The van der Waals surface area contributed by atoms with Crippen molar-refractivity contribution in [2.24, 2.45) is 0 Å². The molecule has 0 saturated heterocycles. The first kappa shape index (κ1) is 25.7. The predicted molar refractivity (Wildman–Crippen MR) is 143 cm³/mol. The van der Waals surface area contributed by atoms with Crippen molar-refractivity contribution < 1.29 is 19.1 Å². The maximum atomic E-state index is 13.1. The molecule has 0 aliphatic heterocycles. The summed E-state index contributed by atoms with van der Waals surface area (Å²) >= 11 is 0. The lowest BCUT2D eigenvalue weighted by Gasteiger charge is -2.11. The summed E-state index contributed by atoms with van der Waals surface area (Å²) in [7, 11) is 1.36. The SMILES string of the molecule is COC(=O)c1ccccc1Cn1nc(C)c(NC(=O)c2cccc(COc3ccc(C)cc3C)c2)c1C. The number of amides is 1. The van der Waals surface area contributed by atoms with E-state index >= 15 is 0 Å². The van der Waals surface area contributed by atoms with Gasteiger partial charge in [0, 0.05) is 5.56 Å². The van der Waals surface area contributed by atoms with Crippen molar-refractivity contribution in [3.63, 3.8) is 0 Å². The van der Waals surface area contributed by atoms with Gasteiger partial charge in [0.1, 0.15) is 12.4 Å². The monoisotopic (exact) mass is 497 g/mol. The number of hydrogen-bond donors (Lipinski definition) is 1. The average Bonchev–Trinajstić information content (AvgIpc) is 3.15. The van der Waals surface area contributed by atoms with Crippen molar-refractivity contribution in [2.75, 3.05) is 12.4 Å². The number of nitrogens with one attached hydrogen (secondary N) is 1. The smallest absolute Gasteiger partial charge is 0.338 e. The number of esters is 1. The zero-order valence-corrected chi connectivity index (χ0v) is 21.8. The standard InChI is InChI=1S/C30H31N3O4/c1-19-13-14-27(20(2)15-19)37-18-23-9-8-11-24(16-23)29(34)31-28-21(3)32-33(22(28)4)17-25-10-6-7-12-26(25)30(35)36-5/h6-16H,17-18H2,1-5H3,(H,31,34). The molecule has 7 heteroatoms. The average molecular weight is 498 g/mol. The molecule has 0 atom stereocenters. The fourth-order valence-corrected chi connectivity index (χ4v) is 4.27. The molecule has 0 radical (unpaired) electrons. The molecule has 0 unspecified atom stereocenters. The van der Waals surface area contributed by atoms with E-state index in [1.165, 1.54) is 12.7 Å². The third kappa shape index (κ3) is 5.89. The molecule has 0 saturated carbocycles. The molecule has 1 N–H and O–H groups in total. The summed E-state index contributed by atoms with van der Waals surface area (Å²) in [6.07, 6.45) is 0. The fourth-order valence-electron chi connectivity index (χ4n) is 4.27. The van der Waals surface area contributed by atoms with Crippen LogP contribution in [-0.4, -0.2) is 28.8 Å². The van der Waals surface area contributed by atoms with Crippen molar-refractivity contribution in [1.82, 2.24) is 9.78 Å². The summed E-state index contributed by atoms with van der Waals surface area (Å²) in [5.74, 6) is 0.203. The highest BCUT2D eigenvalue weighted by Crippen LogP contribution is 2.23. The van der Waals surface area contributed by atoms with Gasteiger partial charge in [0.05, 0.1) is 36.3 Å². The molecule has 1 aromatic heterocycles. The molecule has 0 spiro atoms. The molecule has 0 aliphatic rings. The Hall–Kier alpha value is -4.39. The van der Waals surface area contributed by atoms with Gasteiger partial charge in [-0.15, -0.1) is 0 Å².